The molecular weight excluding hydrogens is 263 g/mol. The molecule has 0 saturated carbocycles. The van der Waals surface area contributed by atoms with E-state index in [9.17, 15) is 22.8 Å². The number of likely N-dealkylation sites (N-methyl/N-ethyl adjacent to an activating group) is 1. The molecule has 2 amide bonds. The van der Waals surface area contributed by atoms with Gasteiger partial charge in [-0.05, 0) is 19.8 Å². The summed E-state index contributed by atoms with van der Waals surface area (Å²) in [5.41, 5.74) is 2.05. The van der Waals surface area contributed by atoms with E-state index in [1.54, 1.807) is 0 Å². The highest BCUT2D eigenvalue weighted by Gasteiger charge is 2.55. The highest BCUT2D eigenvalue weighted by atomic mass is 19.4. The highest BCUT2D eigenvalue weighted by Crippen LogP contribution is 2.29. The van der Waals surface area contributed by atoms with Crippen molar-refractivity contribution < 1.29 is 22.8 Å². The van der Waals surface area contributed by atoms with Crippen LogP contribution in [0.5, 0.6) is 0 Å². The minimum absolute atomic E-state index is 0.355. The number of hydrogen-bond donors (Lipinski definition) is 1. The normalized spacial score (nSPS) is 19.2. The third-order valence-corrected chi connectivity index (χ3v) is 3.21. The Morgan fingerprint density at radius 1 is 1.26 bits per heavy atom. The Balaban J connectivity index is 2.64. The first-order valence-corrected chi connectivity index (χ1v) is 5.96. The molecule has 1 aliphatic rings. The highest BCUT2D eigenvalue weighted by molar-refractivity contribution is 5.90. The van der Waals surface area contributed by atoms with Gasteiger partial charge in [0.05, 0.1) is 6.54 Å². The number of nitrogens with zero attached hydrogens (tertiary/aromatic N) is 2. The molecule has 19 heavy (non-hydrogen) atoms. The molecule has 1 rings (SSSR count). The van der Waals surface area contributed by atoms with E-state index in [0.717, 1.165) is 24.8 Å². The number of alkyl halides is 3. The number of carbonyl (C=O) groups excluding carboxylic acids is 2. The zero-order valence-electron chi connectivity index (χ0n) is 11.0. The van der Waals surface area contributed by atoms with Gasteiger partial charge in [-0.3, -0.25) is 9.59 Å². The van der Waals surface area contributed by atoms with Crippen LogP contribution in [0.3, 0.4) is 0 Å². The first-order chi connectivity index (χ1) is 8.57. The molecule has 1 aliphatic heterocycles. The maximum absolute atomic E-state index is 12.6. The molecule has 0 aromatic carbocycles. The van der Waals surface area contributed by atoms with Gasteiger partial charge in [0.1, 0.15) is 0 Å². The number of nitrogens with two attached hydrogens (primary N) is 1. The third-order valence-electron chi connectivity index (χ3n) is 3.21. The van der Waals surface area contributed by atoms with Crippen LogP contribution in [0.1, 0.15) is 19.8 Å². The lowest BCUT2D eigenvalue weighted by Gasteiger charge is -2.31. The first kappa shape index (κ1) is 15.7. The van der Waals surface area contributed by atoms with E-state index in [2.05, 4.69) is 0 Å². The fourth-order valence-corrected chi connectivity index (χ4v) is 1.86. The summed E-state index contributed by atoms with van der Waals surface area (Å²) < 4.78 is 37.8. The van der Waals surface area contributed by atoms with Crippen LogP contribution in [0.25, 0.3) is 0 Å². The zero-order valence-corrected chi connectivity index (χ0v) is 11.0. The molecule has 0 aromatic heterocycles. The fourth-order valence-electron chi connectivity index (χ4n) is 1.86. The van der Waals surface area contributed by atoms with Crippen molar-refractivity contribution in [2.45, 2.75) is 31.5 Å². The van der Waals surface area contributed by atoms with E-state index in [1.165, 1.54) is 4.90 Å². The topological polar surface area (TPSA) is 66.6 Å². The Labute approximate surface area is 109 Å². The second-order valence-corrected chi connectivity index (χ2v) is 4.95. The largest absolute Gasteiger partial charge is 0.415 e. The number of hydrogen-bond acceptors (Lipinski definition) is 3. The second-order valence-electron chi connectivity index (χ2n) is 4.95. The first-order valence-electron chi connectivity index (χ1n) is 5.96. The van der Waals surface area contributed by atoms with Gasteiger partial charge in [0.25, 0.3) is 5.91 Å². The number of amides is 2. The van der Waals surface area contributed by atoms with Gasteiger partial charge in [-0.25, -0.2) is 0 Å². The quantitative estimate of drug-likeness (QED) is 0.811. The minimum Gasteiger partial charge on any atom is -0.341 e. The van der Waals surface area contributed by atoms with Crippen molar-refractivity contribution in [3.05, 3.63) is 0 Å². The molecular formula is C11H18F3N3O2. The Morgan fingerprint density at radius 2 is 1.74 bits per heavy atom. The average Bonchev–Trinajstić information content (AvgIpc) is 2.79. The number of rotatable bonds is 3. The van der Waals surface area contributed by atoms with Crippen molar-refractivity contribution in [2.75, 3.05) is 26.7 Å². The van der Waals surface area contributed by atoms with Crippen molar-refractivity contribution in [3.63, 3.8) is 0 Å². The SMILES string of the molecule is CN(CC(=O)N1CCCC1)C(=O)C(C)(N)C(F)(F)F. The van der Waals surface area contributed by atoms with Gasteiger partial charge in [-0.1, -0.05) is 0 Å². The lowest BCUT2D eigenvalue weighted by atomic mass is 10.0. The Morgan fingerprint density at radius 3 is 2.16 bits per heavy atom. The standard InChI is InChI=1S/C11H18F3N3O2/c1-10(15,11(12,13)14)9(19)16(2)7-8(18)17-5-3-4-6-17/h3-7,15H2,1-2H3. The monoisotopic (exact) mass is 281 g/mol. The summed E-state index contributed by atoms with van der Waals surface area (Å²) in [5, 5.41) is 0. The van der Waals surface area contributed by atoms with E-state index in [1.807, 2.05) is 0 Å². The minimum atomic E-state index is -4.85. The van der Waals surface area contributed by atoms with Gasteiger partial charge in [-0.2, -0.15) is 13.2 Å². The lowest BCUT2D eigenvalue weighted by Crippen LogP contribution is -2.62. The summed E-state index contributed by atoms with van der Waals surface area (Å²) in [6.07, 6.45) is -3.10. The van der Waals surface area contributed by atoms with Crippen LogP contribution in [0.15, 0.2) is 0 Å². The smallest absolute Gasteiger partial charge is 0.341 e. The molecule has 110 valence electrons. The maximum atomic E-state index is 12.6. The lowest BCUT2D eigenvalue weighted by molar-refractivity contribution is -0.193. The molecule has 1 unspecified atom stereocenters. The zero-order chi connectivity index (χ0) is 14.8. The van der Waals surface area contributed by atoms with E-state index >= 15 is 0 Å². The average molecular weight is 281 g/mol. The van der Waals surface area contributed by atoms with Crippen molar-refractivity contribution >= 4 is 11.8 Å². The molecule has 0 bridgehead atoms. The van der Waals surface area contributed by atoms with Gasteiger partial charge < -0.3 is 15.5 Å². The van der Waals surface area contributed by atoms with Gasteiger partial charge in [0.2, 0.25) is 5.91 Å². The van der Waals surface area contributed by atoms with E-state index < -0.39 is 17.6 Å². The van der Waals surface area contributed by atoms with Crippen molar-refractivity contribution in [1.82, 2.24) is 9.80 Å². The number of likely N-dealkylation sites (tertiary alicyclic amines) is 1. The molecule has 5 nitrogen and oxygen atoms in total. The van der Waals surface area contributed by atoms with Crippen LogP contribution < -0.4 is 5.73 Å². The molecule has 0 aliphatic carbocycles. The van der Waals surface area contributed by atoms with Gasteiger partial charge >= 0.3 is 6.18 Å². The molecule has 2 N–H and O–H groups in total. The summed E-state index contributed by atoms with van der Waals surface area (Å²) in [7, 11) is 1.15. The molecule has 0 aromatic rings. The maximum Gasteiger partial charge on any atom is 0.415 e. The number of carbonyl (C=O) groups is 2. The molecule has 8 heteroatoms. The van der Waals surface area contributed by atoms with Crippen LogP contribution >= 0.6 is 0 Å². The van der Waals surface area contributed by atoms with Gasteiger partial charge in [-0.15, -0.1) is 0 Å². The molecule has 0 radical (unpaired) electrons. The molecule has 1 heterocycles. The molecule has 1 saturated heterocycles. The van der Waals surface area contributed by atoms with E-state index in [-0.39, 0.29) is 12.5 Å². The summed E-state index contributed by atoms with van der Waals surface area (Å²) in [5.74, 6) is -1.67. The van der Waals surface area contributed by atoms with Gasteiger partial charge in [0, 0.05) is 20.1 Å². The van der Waals surface area contributed by atoms with Crippen LogP contribution in [0.4, 0.5) is 13.2 Å². The second kappa shape index (κ2) is 5.36. The van der Waals surface area contributed by atoms with Crippen LogP contribution in [0, 0.1) is 0 Å². The Kier molecular flexibility index (Phi) is 4.44. The molecule has 0 spiro atoms. The third kappa shape index (κ3) is 3.37. The summed E-state index contributed by atoms with van der Waals surface area (Å²) in [4.78, 5) is 25.7. The Bertz CT molecular complexity index is 363. The van der Waals surface area contributed by atoms with E-state index in [0.29, 0.717) is 20.0 Å². The fraction of sp³-hybridized carbons (Fsp3) is 0.818. The Hall–Kier alpha value is -1.31. The summed E-state index contributed by atoms with van der Waals surface area (Å²) >= 11 is 0. The van der Waals surface area contributed by atoms with Crippen molar-refractivity contribution in [2.24, 2.45) is 5.73 Å². The van der Waals surface area contributed by atoms with E-state index in [4.69, 9.17) is 5.73 Å². The van der Waals surface area contributed by atoms with Crippen molar-refractivity contribution in [3.8, 4) is 0 Å². The number of halogens is 3. The van der Waals surface area contributed by atoms with Gasteiger partial charge in [0.15, 0.2) is 5.54 Å². The molecule has 1 atom stereocenters. The predicted octanol–water partition coefficient (Wildman–Crippen LogP) is 0.347. The van der Waals surface area contributed by atoms with Crippen LogP contribution in [-0.2, 0) is 9.59 Å². The van der Waals surface area contributed by atoms with Crippen molar-refractivity contribution in [1.29, 1.82) is 0 Å². The predicted molar refractivity (Wildman–Crippen MR) is 62.1 cm³/mol. The van der Waals surface area contributed by atoms with Crippen LogP contribution in [0.2, 0.25) is 0 Å². The van der Waals surface area contributed by atoms with Crippen LogP contribution in [-0.4, -0.2) is 60.0 Å². The molecule has 1 fully saturated rings. The summed E-state index contributed by atoms with van der Waals surface area (Å²) in [6.45, 7) is 1.38. The summed E-state index contributed by atoms with van der Waals surface area (Å²) in [6, 6.07) is 0.